The van der Waals surface area contributed by atoms with E-state index in [9.17, 15) is 34.8 Å². The van der Waals surface area contributed by atoms with Crippen molar-refractivity contribution in [2.45, 2.75) is 117 Å². The van der Waals surface area contributed by atoms with Crippen molar-refractivity contribution in [3.63, 3.8) is 0 Å². The van der Waals surface area contributed by atoms with Crippen molar-refractivity contribution in [2.75, 3.05) is 0 Å². The number of hydrogen-bond acceptors (Lipinski definition) is 6. The highest BCUT2D eigenvalue weighted by Gasteiger charge is 2.43. The summed E-state index contributed by atoms with van der Waals surface area (Å²) in [5.41, 5.74) is 6.96. The summed E-state index contributed by atoms with van der Waals surface area (Å²) in [6, 6.07) is 0.0767. The van der Waals surface area contributed by atoms with E-state index in [1.165, 1.54) is 0 Å². The highest BCUT2D eigenvalue weighted by Crippen LogP contribution is 2.35. The third-order valence-electron chi connectivity index (χ3n) is 10.2. The van der Waals surface area contributed by atoms with Gasteiger partial charge < -0.3 is 35.7 Å². The second kappa shape index (κ2) is 13.3. The minimum atomic E-state index is -1.54. The van der Waals surface area contributed by atoms with Crippen molar-refractivity contribution in [1.82, 2.24) is 20.6 Å². The molecule has 8 N–H and O–H groups in total. The zero-order chi connectivity index (χ0) is 32.5. The number of carboxylic acids is 2. The van der Waals surface area contributed by atoms with Crippen LogP contribution in [0.3, 0.4) is 0 Å². The number of aromatic amines is 2. The Bertz CT molecular complexity index is 1450. The van der Waals surface area contributed by atoms with Gasteiger partial charge in [-0.3, -0.25) is 19.7 Å². The summed E-state index contributed by atoms with van der Waals surface area (Å²) in [7, 11) is 0. The van der Waals surface area contributed by atoms with Gasteiger partial charge in [-0.25, -0.2) is 0 Å². The Morgan fingerprint density at radius 3 is 1.91 bits per heavy atom. The van der Waals surface area contributed by atoms with E-state index >= 15 is 0 Å². The largest absolute Gasteiger partial charge is 0.481 e. The van der Waals surface area contributed by atoms with Crippen molar-refractivity contribution in [2.24, 2.45) is 11.8 Å². The molecule has 0 unspecified atom stereocenters. The van der Waals surface area contributed by atoms with Gasteiger partial charge in [0.25, 0.3) is 5.91 Å². The predicted molar refractivity (Wildman–Crippen MR) is 165 cm³/mol. The summed E-state index contributed by atoms with van der Waals surface area (Å²) < 4.78 is 0. The van der Waals surface area contributed by atoms with Crippen molar-refractivity contribution >= 4 is 17.8 Å². The molecular weight excluding hydrogens is 564 g/mol. The topological polar surface area (TPSA) is 188 Å². The van der Waals surface area contributed by atoms with Gasteiger partial charge in [-0.15, -0.1) is 0 Å². The van der Waals surface area contributed by atoms with E-state index in [4.69, 9.17) is 0 Å². The monoisotopic (exact) mass is 612 g/mol. The molecule has 1 amide bonds. The quantitative estimate of drug-likeness (QED) is 0.160. The van der Waals surface area contributed by atoms with Crippen LogP contribution in [0.15, 0.2) is 11.3 Å². The number of aliphatic carboxylic acids is 2. The molecule has 242 valence electrons. The second-order valence-corrected chi connectivity index (χ2v) is 12.6. The van der Waals surface area contributed by atoms with E-state index in [2.05, 4.69) is 34.4 Å². The summed E-state index contributed by atoms with van der Waals surface area (Å²) >= 11 is 0. The Morgan fingerprint density at radius 2 is 1.41 bits per heavy atom. The summed E-state index contributed by atoms with van der Waals surface area (Å²) in [6.07, 6.45) is 2.65. The number of carbonyl (C=O) groups excluding carboxylic acids is 1. The number of aliphatic hydroxyl groups is 2. The number of hydrogen-bond donors (Lipinski definition) is 8. The molecule has 0 spiro atoms. The number of rotatable bonds is 14. The minimum absolute atomic E-state index is 0.0194. The molecule has 0 saturated carbocycles. The third-order valence-corrected chi connectivity index (χ3v) is 10.2. The molecule has 4 heterocycles. The molecule has 44 heavy (non-hydrogen) atoms. The lowest BCUT2D eigenvalue weighted by atomic mass is 9.86. The molecule has 1 fully saturated rings. The molecule has 4 rings (SSSR count). The first-order chi connectivity index (χ1) is 20.7. The standard InChI is InChI=1S/C33H48N4O7/c1-7-20-18(5)31(42)36-26(20)14-24-17(4)22(10-12-30(40)41)28(35-24)15-27-21(9-11-29(38)39)16(3)23(34-27)13-25-19(6)33(44,8-2)32(43)37-25/h18,20,26,31,34-36,42,44H,7-15H2,1-6H3,(H,37,43)(H,38,39)(H,40,41)/t18-,20-,26+,31+,33+/m1/s1. The number of allylic oxidation sites excluding steroid dienone is 1. The van der Waals surface area contributed by atoms with Gasteiger partial charge in [-0.1, -0.05) is 27.2 Å². The number of H-pyrrole nitrogens is 2. The lowest BCUT2D eigenvalue weighted by Crippen LogP contribution is -2.39. The molecule has 0 aromatic carbocycles. The van der Waals surface area contributed by atoms with Gasteiger partial charge in [0.15, 0.2) is 5.60 Å². The van der Waals surface area contributed by atoms with Crippen molar-refractivity contribution in [3.8, 4) is 0 Å². The minimum Gasteiger partial charge on any atom is -0.481 e. The molecule has 11 nitrogen and oxygen atoms in total. The number of aromatic nitrogens is 2. The van der Waals surface area contributed by atoms with Crippen LogP contribution in [0.4, 0.5) is 0 Å². The number of nitrogens with one attached hydrogen (secondary N) is 4. The van der Waals surface area contributed by atoms with Crippen LogP contribution >= 0.6 is 0 Å². The molecule has 0 aliphatic carbocycles. The first-order valence-electron chi connectivity index (χ1n) is 15.7. The van der Waals surface area contributed by atoms with Crippen LogP contribution < -0.4 is 10.6 Å². The predicted octanol–water partition coefficient (Wildman–Crippen LogP) is 3.17. The van der Waals surface area contributed by atoms with E-state index in [0.29, 0.717) is 49.3 Å². The van der Waals surface area contributed by atoms with Gasteiger partial charge in [-0.05, 0) is 79.7 Å². The van der Waals surface area contributed by atoms with Crippen LogP contribution in [0.5, 0.6) is 0 Å². The molecule has 1 saturated heterocycles. The Balaban J connectivity index is 1.71. The lowest BCUT2D eigenvalue weighted by molar-refractivity contribution is -0.138. The van der Waals surface area contributed by atoms with E-state index in [0.717, 1.165) is 51.5 Å². The summed E-state index contributed by atoms with van der Waals surface area (Å²) in [5, 5.41) is 46.5. The molecule has 11 heteroatoms. The van der Waals surface area contributed by atoms with Gasteiger partial charge in [0.05, 0.1) is 0 Å². The molecule has 0 bridgehead atoms. The normalized spacial score (nSPS) is 25.2. The zero-order valence-corrected chi connectivity index (χ0v) is 26.7. The van der Waals surface area contributed by atoms with Crippen LogP contribution in [-0.2, 0) is 46.5 Å². The van der Waals surface area contributed by atoms with Crippen LogP contribution in [0.1, 0.15) is 98.4 Å². The van der Waals surface area contributed by atoms with E-state index < -0.39 is 29.7 Å². The summed E-state index contributed by atoms with van der Waals surface area (Å²) in [5.74, 6) is -1.80. The van der Waals surface area contributed by atoms with E-state index in [-0.39, 0.29) is 31.2 Å². The third kappa shape index (κ3) is 6.50. The molecule has 2 aromatic rings. The second-order valence-electron chi connectivity index (χ2n) is 12.6. The van der Waals surface area contributed by atoms with Gasteiger partial charge in [0, 0.05) is 66.6 Å². The van der Waals surface area contributed by atoms with Gasteiger partial charge in [-0.2, -0.15) is 0 Å². The van der Waals surface area contributed by atoms with Crippen molar-refractivity contribution < 1.29 is 34.8 Å². The fourth-order valence-electron chi connectivity index (χ4n) is 7.23. The van der Waals surface area contributed by atoms with E-state index in [1.807, 2.05) is 13.8 Å². The molecule has 2 aliphatic heterocycles. The molecule has 2 aromatic heterocycles. The number of carbonyl (C=O) groups is 3. The Kier molecular flexibility index (Phi) is 10.1. The van der Waals surface area contributed by atoms with E-state index in [1.54, 1.807) is 13.8 Å². The van der Waals surface area contributed by atoms with Gasteiger partial charge in [0.2, 0.25) is 0 Å². The Labute approximate surface area is 258 Å². The molecular formula is C33H48N4O7. The SMILES string of the molecule is CC[C@@H]1[C@@H](C)[C@H](O)N[C@H]1Cc1[nH]c(Cc2[nH]c(CC3=C(C)[C@@](O)(CC)C(=O)N3)c(C)c2CCC(=O)O)c(CCC(=O)O)c1C. The highest BCUT2D eigenvalue weighted by molar-refractivity contribution is 5.93. The summed E-state index contributed by atoms with van der Waals surface area (Å²) in [4.78, 5) is 42.8. The van der Waals surface area contributed by atoms with Crippen LogP contribution in [0.25, 0.3) is 0 Å². The zero-order valence-electron chi connectivity index (χ0n) is 26.7. The smallest absolute Gasteiger partial charge is 0.303 e. The fourth-order valence-corrected chi connectivity index (χ4v) is 7.23. The maximum absolute atomic E-state index is 12.6. The van der Waals surface area contributed by atoms with Crippen LogP contribution in [-0.4, -0.2) is 66.1 Å². The lowest BCUT2D eigenvalue weighted by Gasteiger charge is -2.20. The number of aliphatic hydroxyl groups excluding tert-OH is 1. The van der Waals surface area contributed by atoms with Crippen LogP contribution in [0.2, 0.25) is 0 Å². The molecule has 5 atom stereocenters. The molecule has 0 radical (unpaired) electrons. The van der Waals surface area contributed by atoms with Gasteiger partial charge >= 0.3 is 11.9 Å². The Morgan fingerprint density at radius 1 is 0.864 bits per heavy atom. The Hall–Kier alpha value is -3.41. The first kappa shape index (κ1) is 33.5. The van der Waals surface area contributed by atoms with Gasteiger partial charge in [0.1, 0.15) is 6.23 Å². The van der Waals surface area contributed by atoms with Crippen molar-refractivity contribution in [1.29, 1.82) is 0 Å². The average molecular weight is 613 g/mol. The molecule has 2 aliphatic rings. The maximum atomic E-state index is 12.6. The maximum Gasteiger partial charge on any atom is 0.303 e. The number of amides is 1. The van der Waals surface area contributed by atoms with Crippen LogP contribution in [0, 0.1) is 25.7 Å². The number of carboxylic acid groups (broad SMARTS) is 2. The first-order valence-corrected chi connectivity index (χ1v) is 15.7. The van der Waals surface area contributed by atoms with Crippen molar-refractivity contribution in [3.05, 3.63) is 56.3 Å². The highest BCUT2D eigenvalue weighted by atomic mass is 16.4. The average Bonchev–Trinajstić information content (AvgIpc) is 3.59. The summed E-state index contributed by atoms with van der Waals surface area (Å²) in [6.45, 7) is 11.6. The fraction of sp³-hybridized carbons (Fsp3) is 0.606.